The first kappa shape index (κ1) is 23.9. The molecule has 0 bridgehead atoms. The molecule has 0 saturated heterocycles. The van der Waals surface area contributed by atoms with Crippen LogP contribution < -0.4 is 14.9 Å². The van der Waals surface area contributed by atoms with Crippen LogP contribution in [-0.4, -0.2) is 28.6 Å². The SMILES string of the molecule is Cc1ccc(OCC(=O)N/N=C\c2cccc(Oc3ccc([N+](=O)[O-])cc3[N+](=O)[O-])c2)c(C)c1. The predicted molar refractivity (Wildman–Crippen MR) is 123 cm³/mol. The Kier molecular flexibility index (Phi) is 7.49. The molecule has 0 spiro atoms. The number of nitro groups is 2. The minimum atomic E-state index is -0.761. The molecule has 0 saturated carbocycles. The topological polar surface area (TPSA) is 146 Å². The molecule has 0 aliphatic heterocycles. The van der Waals surface area contributed by atoms with E-state index in [4.69, 9.17) is 9.47 Å². The summed E-state index contributed by atoms with van der Waals surface area (Å²) in [5, 5.41) is 26.0. The van der Waals surface area contributed by atoms with Gasteiger partial charge in [-0.3, -0.25) is 25.0 Å². The largest absolute Gasteiger partial charge is 0.483 e. The summed E-state index contributed by atoms with van der Waals surface area (Å²) in [6.45, 7) is 3.64. The van der Waals surface area contributed by atoms with Gasteiger partial charge >= 0.3 is 5.69 Å². The van der Waals surface area contributed by atoms with Crippen LogP contribution in [0.2, 0.25) is 0 Å². The van der Waals surface area contributed by atoms with Gasteiger partial charge in [0, 0.05) is 6.07 Å². The Morgan fingerprint density at radius 3 is 2.47 bits per heavy atom. The maximum Gasteiger partial charge on any atom is 0.318 e. The predicted octanol–water partition coefficient (Wildman–Crippen LogP) is 4.44. The molecule has 0 heterocycles. The maximum atomic E-state index is 12.0. The normalized spacial score (nSPS) is 10.6. The van der Waals surface area contributed by atoms with Crippen molar-refractivity contribution in [3.05, 3.63) is 97.6 Å². The van der Waals surface area contributed by atoms with Crippen molar-refractivity contribution < 1.29 is 24.1 Å². The highest BCUT2D eigenvalue weighted by Crippen LogP contribution is 2.34. The molecular formula is C23H20N4O7. The Hall–Kier alpha value is -4.80. The van der Waals surface area contributed by atoms with Crippen molar-refractivity contribution in [1.82, 2.24) is 5.43 Å². The second-order valence-electron chi connectivity index (χ2n) is 7.19. The maximum absolute atomic E-state index is 12.0. The van der Waals surface area contributed by atoms with Crippen molar-refractivity contribution in [2.45, 2.75) is 13.8 Å². The van der Waals surface area contributed by atoms with Crippen LogP contribution >= 0.6 is 0 Å². The molecule has 0 atom stereocenters. The van der Waals surface area contributed by atoms with Crippen LogP contribution in [0, 0.1) is 34.1 Å². The third-order valence-corrected chi connectivity index (χ3v) is 4.53. The fraction of sp³-hybridized carbons (Fsp3) is 0.130. The zero-order chi connectivity index (χ0) is 24.7. The molecule has 0 aliphatic carbocycles. The summed E-state index contributed by atoms with van der Waals surface area (Å²) in [4.78, 5) is 32.6. The highest BCUT2D eigenvalue weighted by Gasteiger charge is 2.21. The van der Waals surface area contributed by atoms with Crippen molar-refractivity contribution in [2.75, 3.05) is 6.61 Å². The van der Waals surface area contributed by atoms with Gasteiger partial charge in [-0.1, -0.05) is 29.8 Å². The molecule has 34 heavy (non-hydrogen) atoms. The zero-order valence-electron chi connectivity index (χ0n) is 18.3. The molecule has 174 valence electrons. The summed E-state index contributed by atoms with van der Waals surface area (Å²) in [5.74, 6) is 0.243. The Morgan fingerprint density at radius 1 is 1.00 bits per heavy atom. The number of nitrogens with one attached hydrogen (secondary N) is 1. The fourth-order valence-corrected chi connectivity index (χ4v) is 2.95. The molecule has 0 fully saturated rings. The van der Waals surface area contributed by atoms with Gasteiger partial charge in [-0.15, -0.1) is 0 Å². The van der Waals surface area contributed by atoms with Crippen molar-refractivity contribution in [3.63, 3.8) is 0 Å². The highest BCUT2D eigenvalue weighted by molar-refractivity contribution is 5.83. The van der Waals surface area contributed by atoms with Crippen LogP contribution in [0.5, 0.6) is 17.2 Å². The van der Waals surface area contributed by atoms with Gasteiger partial charge in [0.15, 0.2) is 6.61 Å². The molecule has 3 aromatic carbocycles. The van der Waals surface area contributed by atoms with Crippen LogP contribution in [0.25, 0.3) is 0 Å². The van der Waals surface area contributed by atoms with Crippen molar-refractivity contribution >= 4 is 23.5 Å². The van der Waals surface area contributed by atoms with E-state index in [-0.39, 0.29) is 18.1 Å². The van der Waals surface area contributed by atoms with E-state index < -0.39 is 27.1 Å². The number of aryl methyl sites for hydroxylation is 2. The lowest BCUT2D eigenvalue weighted by Crippen LogP contribution is -2.24. The minimum Gasteiger partial charge on any atom is -0.483 e. The van der Waals surface area contributed by atoms with Crippen molar-refractivity contribution in [1.29, 1.82) is 0 Å². The molecule has 0 aliphatic rings. The number of carbonyl (C=O) groups is 1. The zero-order valence-corrected chi connectivity index (χ0v) is 18.3. The number of ether oxygens (including phenoxy) is 2. The van der Waals surface area contributed by atoms with Crippen LogP contribution in [0.1, 0.15) is 16.7 Å². The van der Waals surface area contributed by atoms with E-state index in [2.05, 4.69) is 10.5 Å². The molecule has 11 nitrogen and oxygen atoms in total. The average Bonchev–Trinajstić information content (AvgIpc) is 2.78. The summed E-state index contributed by atoms with van der Waals surface area (Å²) in [6.07, 6.45) is 1.37. The van der Waals surface area contributed by atoms with Crippen LogP contribution in [0.15, 0.2) is 65.8 Å². The molecule has 3 aromatic rings. The number of hydrogen-bond donors (Lipinski definition) is 1. The summed E-state index contributed by atoms with van der Waals surface area (Å²) < 4.78 is 11.0. The molecule has 1 N–H and O–H groups in total. The van der Waals surface area contributed by atoms with Crippen molar-refractivity contribution in [2.24, 2.45) is 5.10 Å². The number of hydrazone groups is 1. The lowest BCUT2D eigenvalue weighted by Gasteiger charge is -2.08. The second-order valence-corrected chi connectivity index (χ2v) is 7.19. The lowest BCUT2D eigenvalue weighted by atomic mass is 10.1. The molecule has 1 amide bonds. The van der Waals surface area contributed by atoms with E-state index in [1.807, 2.05) is 26.0 Å². The third kappa shape index (κ3) is 6.36. The van der Waals surface area contributed by atoms with E-state index in [0.717, 1.165) is 29.3 Å². The van der Waals surface area contributed by atoms with Crippen LogP contribution in [-0.2, 0) is 4.79 Å². The lowest BCUT2D eigenvalue weighted by molar-refractivity contribution is -0.394. The number of nitrogens with zero attached hydrogens (tertiary/aromatic N) is 3. The number of nitro benzene ring substituents is 2. The van der Waals surface area contributed by atoms with Gasteiger partial charge in [-0.25, -0.2) is 5.43 Å². The van der Waals surface area contributed by atoms with Gasteiger partial charge in [0.1, 0.15) is 11.5 Å². The number of non-ortho nitro benzene ring substituents is 1. The van der Waals surface area contributed by atoms with Gasteiger partial charge in [0.05, 0.1) is 22.1 Å². The smallest absolute Gasteiger partial charge is 0.318 e. The molecule has 11 heteroatoms. The van der Waals surface area contributed by atoms with E-state index in [1.165, 1.54) is 12.3 Å². The summed E-state index contributed by atoms with van der Waals surface area (Å²) in [5.41, 5.74) is 3.95. The number of rotatable bonds is 9. The standard InChI is InChI=1S/C23H20N4O7/c1-15-6-8-21(16(2)10-15)33-14-23(28)25-24-13-17-4-3-5-19(11-17)34-22-9-7-18(26(29)30)12-20(22)27(31)32/h3-13H,14H2,1-2H3,(H,25,28)/b24-13-. The first-order valence-corrected chi connectivity index (χ1v) is 9.95. The Balaban J connectivity index is 1.61. The fourth-order valence-electron chi connectivity index (χ4n) is 2.95. The first-order valence-electron chi connectivity index (χ1n) is 9.95. The first-order chi connectivity index (χ1) is 16.2. The second kappa shape index (κ2) is 10.7. The van der Waals surface area contributed by atoms with E-state index in [1.54, 1.807) is 24.3 Å². The quantitative estimate of drug-likeness (QED) is 0.280. The summed E-state index contributed by atoms with van der Waals surface area (Å²) in [7, 11) is 0. The molecule has 0 aromatic heterocycles. The highest BCUT2D eigenvalue weighted by atomic mass is 16.6. The van der Waals surface area contributed by atoms with E-state index >= 15 is 0 Å². The monoisotopic (exact) mass is 464 g/mol. The van der Waals surface area contributed by atoms with Gasteiger partial charge in [-0.2, -0.15) is 5.10 Å². The molecule has 0 radical (unpaired) electrons. The van der Waals surface area contributed by atoms with E-state index in [0.29, 0.717) is 11.3 Å². The Bertz CT molecular complexity index is 1270. The van der Waals surface area contributed by atoms with Crippen LogP contribution in [0.4, 0.5) is 11.4 Å². The van der Waals surface area contributed by atoms with E-state index in [9.17, 15) is 25.0 Å². The number of amides is 1. The molecule has 0 unspecified atom stereocenters. The Labute approximate surface area is 193 Å². The van der Waals surface area contributed by atoms with Gasteiger partial charge in [0.25, 0.3) is 11.6 Å². The van der Waals surface area contributed by atoms with Gasteiger partial charge in [0.2, 0.25) is 5.75 Å². The summed E-state index contributed by atoms with van der Waals surface area (Å²) >= 11 is 0. The molecule has 3 rings (SSSR count). The van der Waals surface area contributed by atoms with Crippen molar-refractivity contribution in [3.8, 4) is 17.2 Å². The Morgan fingerprint density at radius 2 is 1.76 bits per heavy atom. The minimum absolute atomic E-state index is 0.151. The molecular weight excluding hydrogens is 444 g/mol. The third-order valence-electron chi connectivity index (χ3n) is 4.53. The van der Waals surface area contributed by atoms with Crippen LogP contribution in [0.3, 0.4) is 0 Å². The van der Waals surface area contributed by atoms with Gasteiger partial charge < -0.3 is 9.47 Å². The number of carbonyl (C=O) groups excluding carboxylic acids is 1. The summed E-state index contributed by atoms with van der Waals surface area (Å²) in [6, 6.07) is 15.1. The number of benzene rings is 3. The average molecular weight is 464 g/mol. The number of hydrogen-bond acceptors (Lipinski definition) is 8. The van der Waals surface area contributed by atoms with Gasteiger partial charge in [-0.05, 0) is 49.2 Å².